The third-order valence-corrected chi connectivity index (χ3v) is 6.35. The largest absolute Gasteiger partial charge is 1.00 e. The second kappa shape index (κ2) is 11.6. The molecule has 4 rings (SSSR count). The van der Waals surface area contributed by atoms with Gasteiger partial charge in [0, 0.05) is 13.3 Å². The summed E-state index contributed by atoms with van der Waals surface area (Å²) in [6.45, 7) is 3.56. The number of hydrogen-bond donors (Lipinski definition) is 1. The Morgan fingerprint density at radius 2 is 1.44 bits per heavy atom. The van der Waals surface area contributed by atoms with Gasteiger partial charge in [0.25, 0.3) is 5.82 Å². The van der Waals surface area contributed by atoms with Crippen molar-refractivity contribution in [3.8, 4) is 0 Å². The summed E-state index contributed by atoms with van der Waals surface area (Å²) in [5.74, 6) is 0.801. The Morgan fingerprint density at radius 1 is 0.912 bits per heavy atom. The van der Waals surface area contributed by atoms with Crippen LogP contribution in [0.4, 0.5) is 0 Å². The third-order valence-electron chi connectivity index (χ3n) is 6.35. The van der Waals surface area contributed by atoms with E-state index in [4.69, 9.17) is 5.73 Å². The number of allylic oxidation sites excluding steroid dienone is 1. The first-order valence-electron chi connectivity index (χ1n) is 11.3. The van der Waals surface area contributed by atoms with Gasteiger partial charge in [-0.1, -0.05) is 97.1 Å². The lowest BCUT2D eigenvalue weighted by Gasteiger charge is -2.31. The number of halogens is 1. The predicted molar refractivity (Wildman–Crippen MR) is 132 cm³/mol. The molecule has 0 aliphatic rings. The van der Waals surface area contributed by atoms with Gasteiger partial charge in [-0.2, -0.15) is 0 Å². The number of amides is 1. The average molecular weight is 516 g/mol. The maximum absolute atomic E-state index is 13.0. The minimum Gasteiger partial charge on any atom is -1.00 e. The van der Waals surface area contributed by atoms with Gasteiger partial charge in [-0.15, -0.1) is 0 Å². The lowest BCUT2D eigenvalue weighted by Crippen LogP contribution is -3.00. The van der Waals surface area contributed by atoms with Crippen molar-refractivity contribution in [1.29, 1.82) is 0 Å². The Labute approximate surface area is 212 Å². The van der Waals surface area contributed by atoms with Crippen molar-refractivity contribution < 1.29 is 26.3 Å². The number of benzene rings is 3. The molecule has 1 aromatic heterocycles. The van der Waals surface area contributed by atoms with E-state index in [0.29, 0.717) is 13.0 Å². The molecule has 1 amide bonds. The Bertz CT molecular complexity index is 1180. The first-order valence-corrected chi connectivity index (χ1v) is 11.3. The van der Waals surface area contributed by atoms with Gasteiger partial charge in [0.1, 0.15) is 24.4 Å². The maximum atomic E-state index is 13.0. The van der Waals surface area contributed by atoms with Gasteiger partial charge in [0.15, 0.2) is 0 Å². The molecule has 34 heavy (non-hydrogen) atoms. The van der Waals surface area contributed by atoms with E-state index >= 15 is 0 Å². The van der Waals surface area contributed by atoms with Crippen LogP contribution < -0.4 is 27.3 Å². The molecule has 0 radical (unpaired) electrons. The molecule has 4 nitrogen and oxygen atoms in total. The van der Waals surface area contributed by atoms with Gasteiger partial charge < -0.3 is 22.7 Å². The van der Waals surface area contributed by atoms with Crippen molar-refractivity contribution in [2.45, 2.75) is 31.8 Å². The molecule has 2 N–H and O–H groups in total. The third kappa shape index (κ3) is 5.37. The summed E-state index contributed by atoms with van der Waals surface area (Å²) >= 11 is 0. The van der Waals surface area contributed by atoms with E-state index in [1.165, 1.54) is 5.56 Å². The molecule has 4 aromatic rings. The fourth-order valence-electron chi connectivity index (χ4n) is 4.43. The Balaban J connectivity index is 0.00000324. The van der Waals surface area contributed by atoms with Gasteiger partial charge in [-0.25, -0.2) is 9.13 Å². The van der Waals surface area contributed by atoms with Crippen molar-refractivity contribution in [3.05, 3.63) is 132 Å². The van der Waals surface area contributed by atoms with Crippen molar-refractivity contribution in [1.82, 2.24) is 4.57 Å². The van der Waals surface area contributed by atoms with Crippen molar-refractivity contribution in [2.24, 2.45) is 5.73 Å². The number of primary amides is 1. The quantitative estimate of drug-likeness (QED) is 0.338. The van der Waals surface area contributed by atoms with Crippen LogP contribution in [0.1, 0.15) is 28.9 Å². The fraction of sp³-hybridized carbons (Fsp3) is 0.172. The molecule has 1 heterocycles. The number of nitrogens with zero attached hydrogens (tertiary/aromatic N) is 2. The molecule has 5 heteroatoms. The standard InChI is InChI=1S/C29H29N3O.BrH/c1-24-31(20-11-14-25-12-5-2-6-13-25)22-23-32(24)21-19-29(28(30)33,26-15-7-3-8-16-26)27-17-9-4-10-18-27;/h2-18,22-23H,19-21H2,1H3,(H-,30,33);1H/b14-11+;. The van der Waals surface area contributed by atoms with Gasteiger partial charge >= 0.3 is 0 Å². The molecule has 0 aliphatic carbocycles. The summed E-state index contributed by atoms with van der Waals surface area (Å²) in [5.41, 5.74) is 8.24. The fourth-order valence-corrected chi connectivity index (χ4v) is 4.43. The van der Waals surface area contributed by atoms with Crippen LogP contribution in [-0.4, -0.2) is 10.5 Å². The monoisotopic (exact) mass is 515 g/mol. The highest BCUT2D eigenvalue weighted by Gasteiger charge is 2.40. The normalized spacial score (nSPS) is 11.3. The highest BCUT2D eigenvalue weighted by molar-refractivity contribution is 5.90. The van der Waals surface area contributed by atoms with Gasteiger partial charge in [-0.05, 0) is 22.8 Å². The van der Waals surface area contributed by atoms with E-state index in [-0.39, 0.29) is 22.9 Å². The molecule has 0 aliphatic heterocycles. The molecular formula is C29H30BrN3O. The zero-order valence-electron chi connectivity index (χ0n) is 19.3. The van der Waals surface area contributed by atoms with Crippen LogP contribution >= 0.6 is 0 Å². The number of carbonyl (C=O) groups excluding carboxylic acids is 1. The second-order valence-electron chi connectivity index (χ2n) is 8.26. The van der Waals surface area contributed by atoms with Gasteiger partial charge in [-0.3, -0.25) is 4.79 Å². The molecular weight excluding hydrogens is 486 g/mol. The van der Waals surface area contributed by atoms with Crippen LogP contribution in [0.25, 0.3) is 6.08 Å². The van der Waals surface area contributed by atoms with Crippen LogP contribution in [0.15, 0.2) is 109 Å². The highest BCUT2D eigenvalue weighted by Crippen LogP contribution is 2.36. The SMILES string of the molecule is Cc1n(CCC(C(N)=O)(c2ccccc2)c2ccccc2)cc[n+]1C/C=C/c1ccccc1.[Br-]. The number of imidazole rings is 1. The van der Waals surface area contributed by atoms with Crippen LogP contribution in [-0.2, 0) is 23.3 Å². The number of carbonyl (C=O) groups is 1. The summed E-state index contributed by atoms with van der Waals surface area (Å²) in [6.07, 6.45) is 9.03. The van der Waals surface area contributed by atoms with Crippen molar-refractivity contribution >= 4 is 12.0 Å². The van der Waals surface area contributed by atoms with Crippen molar-refractivity contribution in [2.75, 3.05) is 0 Å². The van der Waals surface area contributed by atoms with Gasteiger partial charge in [0.2, 0.25) is 5.91 Å². The van der Waals surface area contributed by atoms with Gasteiger partial charge in [0.05, 0.1) is 6.54 Å². The molecule has 0 spiro atoms. The summed E-state index contributed by atoms with van der Waals surface area (Å²) in [6, 6.07) is 30.0. The number of rotatable bonds is 9. The summed E-state index contributed by atoms with van der Waals surface area (Å²) in [4.78, 5) is 13.0. The molecule has 0 saturated heterocycles. The lowest BCUT2D eigenvalue weighted by atomic mass is 9.71. The average Bonchev–Trinajstić information content (AvgIpc) is 3.21. The summed E-state index contributed by atoms with van der Waals surface area (Å²) in [5, 5.41) is 0. The highest BCUT2D eigenvalue weighted by atomic mass is 79.9. The smallest absolute Gasteiger partial charge is 0.253 e. The van der Waals surface area contributed by atoms with Crippen LogP contribution in [0.2, 0.25) is 0 Å². The molecule has 0 saturated carbocycles. The summed E-state index contributed by atoms with van der Waals surface area (Å²) in [7, 11) is 0. The Hall–Kier alpha value is -3.44. The molecule has 0 fully saturated rings. The van der Waals surface area contributed by atoms with E-state index in [0.717, 1.165) is 23.5 Å². The van der Waals surface area contributed by atoms with Crippen molar-refractivity contribution in [3.63, 3.8) is 0 Å². The van der Waals surface area contributed by atoms with E-state index in [1.807, 2.05) is 78.9 Å². The Kier molecular flexibility index (Phi) is 8.61. The summed E-state index contributed by atoms with van der Waals surface area (Å²) < 4.78 is 4.40. The van der Waals surface area contributed by atoms with Crippen LogP contribution in [0.5, 0.6) is 0 Å². The molecule has 174 valence electrons. The first-order chi connectivity index (χ1) is 16.1. The molecule has 0 atom stereocenters. The Morgan fingerprint density at radius 3 is 1.97 bits per heavy atom. The molecule has 0 unspecified atom stereocenters. The topological polar surface area (TPSA) is 51.9 Å². The zero-order valence-corrected chi connectivity index (χ0v) is 20.9. The molecule has 3 aromatic carbocycles. The number of aromatic nitrogens is 2. The zero-order chi connectivity index (χ0) is 23.1. The minimum absolute atomic E-state index is 0. The number of aryl methyl sites for hydroxylation is 1. The number of hydrogen-bond acceptors (Lipinski definition) is 1. The first kappa shape index (κ1) is 25.2. The minimum atomic E-state index is -0.892. The van der Waals surface area contributed by atoms with E-state index in [2.05, 4.69) is 52.7 Å². The van der Waals surface area contributed by atoms with Crippen LogP contribution in [0.3, 0.4) is 0 Å². The maximum Gasteiger partial charge on any atom is 0.253 e. The predicted octanol–water partition coefficient (Wildman–Crippen LogP) is 1.66. The van der Waals surface area contributed by atoms with Crippen LogP contribution in [0, 0.1) is 6.92 Å². The van der Waals surface area contributed by atoms with E-state index in [1.54, 1.807) is 0 Å². The van der Waals surface area contributed by atoms with E-state index < -0.39 is 5.41 Å². The van der Waals surface area contributed by atoms with E-state index in [9.17, 15) is 4.79 Å². The number of nitrogens with two attached hydrogens (primary N) is 1. The second-order valence-corrected chi connectivity index (χ2v) is 8.26. The lowest BCUT2D eigenvalue weighted by molar-refractivity contribution is -0.692. The molecule has 0 bridgehead atoms.